The fraction of sp³-hybridized carbons (Fsp3) is 0.692. The molecule has 1 saturated carbocycles. The van der Waals surface area contributed by atoms with Gasteiger partial charge in [-0.25, -0.2) is 4.98 Å². The van der Waals surface area contributed by atoms with Crippen LogP contribution in [0.3, 0.4) is 0 Å². The molecule has 1 aliphatic rings. The normalized spacial score (nSPS) is 23.8. The van der Waals surface area contributed by atoms with Gasteiger partial charge in [0.15, 0.2) is 0 Å². The second-order valence-corrected chi connectivity index (χ2v) is 5.08. The first-order valence-electron chi connectivity index (χ1n) is 6.75. The molecule has 1 aromatic heterocycles. The van der Waals surface area contributed by atoms with Gasteiger partial charge in [-0.2, -0.15) is 0 Å². The highest BCUT2D eigenvalue weighted by atomic mass is 16.1. The number of nitrogens with two attached hydrogens (primary N) is 1. The standard InChI is InChI=1S/C13H22N4O/c14-11-3-5-12(6-4-11)16-13(18)2-1-8-17-9-7-15-10-17/h7,9-12H,1-6,8,14H2,(H,16,18)/t11-,12-. The second kappa shape index (κ2) is 6.54. The first kappa shape index (κ1) is 13.1. The number of nitrogens with one attached hydrogen (secondary N) is 1. The van der Waals surface area contributed by atoms with E-state index in [2.05, 4.69) is 10.3 Å². The van der Waals surface area contributed by atoms with E-state index in [4.69, 9.17) is 5.73 Å². The van der Waals surface area contributed by atoms with Crippen LogP contribution in [-0.2, 0) is 11.3 Å². The van der Waals surface area contributed by atoms with Crippen molar-refractivity contribution >= 4 is 5.91 Å². The maximum atomic E-state index is 11.8. The molecule has 5 heteroatoms. The van der Waals surface area contributed by atoms with Gasteiger partial charge in [0, 0.05) is 37.4 Å². The van der Waals surface area contributed by atoms with Crippen molar-refractivity contribution in [2.24, 2.45) is 5.73 Å². The number of nitrogens with zero attached hydrogens (tertiary/aromatic N) is 2. The number of aryl methyl sites for hydroxylation is 1. The molecule has 0 radical (unpaired) electrons. The van der Waals surface area contributed by atoms with E-state index < -0.39 is 0 Å². The number of hydrogen-bond donors (Lipinski definition) is 2. The fourth-order valence-electron chi connectivity index (χ4n) is 2.40. The van der Waals surface area contributed by atoms with Gasteiger partial charge < -0.3 is 15.6 Å². The molecule has 1 fully saturated rings. The Hall–Kier alpha value is -1.36. The molecule has 1 aromatic rings. The number of carbonyl (C=O) groups is 1. The first-order valence-corrected chi connectivity index (χ1v) is 6.75. The summed E-state index contributed by atoms with van der Waals surface area (Å²) >= 11 is 0. The Morgan fingerprint density at radius 2 is 2.17 bits per heavy atom. The third kappa shape index (κ3) is 4.14. The van der Waals surface area contributed by atoms with Crippen LogP contribution in [0.2, 0.25) is 0 Å². The minimum absolute atomic E-state index is 0.163. The molecule has 5 nitrogen and oxygen atoms in total. The zero-order valence-electron chi connectivity index (χ0n) is 10.7. The van der Waals surface area contributed by atoms with E-state index in [1.807, 2.05) is 10.8 Å². The molecule has 3 N–H and O–H groups in total. The Morgan fingerprint density at radius 1 is 1.39 bits per heavy atom. The summed E-state index contributed by atoms with van der Waals surface area (Å²) in [7, 11) is 0. The van der Waals surface area contributed by atoms with Crippen LogP contribution in [0.5, 0.6) is 0 Å². The fourth-order valence-corrected chi connectivity index (χ4v) is 2.40. The van der Waals surface area contributed by atoms with Crippen molar-refractivity contribution < 1.29 is 4.79 Å². The lowest BCUT2D eigenvalue weighted by atomic mass is 9.92. The molecule has 0 saturated heterocycles. The summed E-state index contributed by atoms with van der Waals surface area (Å²) in [4.78, 5) is 15.7. The molecule has 0 aliphatic heterocycles. The molecule has 18 heavy (non-hydrogen) atoms. The molecule has 0 bridgehead atoms. The maximum absolute atomic E-state index is 11.8. The van der Waals surface area contributed by atoms with Gasteiger partial charge in [-0.15, -0.1) is 0 Å². The van der Waals surface area contributed by atoms with Crippen LogP contribution < -0.4 is 11.1 Å². The van der Waals surface area contributed by atoms with Gasteiger partial charge in [-0.3, -0.25) is 4.79 Å². The highest BCUT2D eigenvalue weighted by Crippen LogP contribution is 2.17. The molecule has 0 unspecified atom stereocenters. The average molecular weight is 250 g/mol. The van der Waals surface area contributed by atoms with Crippen LogP contribution in [0, 0.1) is 0 Å². The summed E-state index contributed by atoms with van der Waals surface area (Å²) in [6.07, 6.45) is 11.0. The number of amides is 1. The van der Waals surface area contributed by atoms with E-state index in [-0.39, 0.29) is 5.91 Å². The molecule has 1 aliphatic carbocycles. The van der Waals surface area contributed by atoms with E-state index in [1.165, 1.54) is 0 Å². The lowest BCUT2D eigenvalue weighted by Crippen LogP contribution is -2.40. The molecule has 0 spiro atoms. The maximum Gasteiger partial charge on any atom is 0.220 e. The third-order valence-electron chi connectivity index (χ3n) is 3.52. The lowest BCUT2D eigenvalue weighted by Gasteiger charge is -2.26. The van der Waals surface area contributed by atoms with Gasteiger partial charge in [0.2, 0.25) is 5.91 Å². The van der Waals surface area contributed by atoms with Gasteiger partial charge >= 0.3 is 0 Å². The number of rotatable bonds is 5. The van der Waals surface area contributed by atoms with Gasteiger partial charge in [-0.05, 0) is 32.1 Å². The van der Waals surface area contributed by atoms with Crippen molar-refractivity contribution in [2.75, 3.05) is 0 Å². The van der Waals surface area contributed by atoms with Crippen molar-refractivity contribution in [3.63, 3.8) is 0 Å². The molecular formula is C13H22N4O. The first-order chi connectivity index (χ1) is 8.74. The molecular weight excluding hydrogens is 228 g/mol. The molecule has 0 atom stereocenters. The number of aromatic nitrogens is 2. The zero-order chi connectivity index (χ0) is 12.8. The van der Waals surface area contributed by atoms with Crippen LogP contribution in [0.25, 0.3) is 0 Å². The minimum atomic E-state index is 0.163. The quantitative estimate of drug-likeness (QED) is 0.820. The number of carbonyl (C=O) groups excluding carboxylic acids is 1. The Morgan fingerprint density at radius 3 is 2.83 bits per heavy atom. The third-order valence-corrected chi connectivity index (χ3v) is 3.52. The van der Waals surface area contributed by atoms with Crippen LogP contribution >= 0.6 is 0 Å². The van der Waals surface area contributed by atoms with Gasteiger partial charge in [-0.1, -0.05) is 0 Å². The second-order valence-electron chi connectivity index (χ2n) is 5.08. The summed E-state index contributed by atoms with van der Waals surface area (Å²) in [6.45, 7) is 0.850. The van der Waals surface area contributed by atoms with E-state index in [9.17, 15) is 4.79 Å². The van der Waals surface area contributed by atoms with E-state index in [0.29, 0.717) is 18.5 Å². The molecule has 1 amide bonds. The Bertz CT molecular complexity index is 355. The smallest absolute Gasteiger partial charge is 0.220 e. The van der Waals surface area contributed by atoms with Crippen LogP contribution in [0.1, 0.15) is 38.5 Å². The van der Waals surface area contributed by atoms with Gasteiger partial charge in [0.1, 0.15) is 0 Å². The lowest BCUT2D eigenvalue weighted by molar-refractivity contribution is -0.122. The Kier molecular flexibility index (Phi) is 4.75. The molecule has 1 heterocycles. The van der Waals surface area contributed by atoms with Gasteiger partial charge in [0.05, 0.1) is 6.33 Å². The minimum Gasteiger partial charge on any atom is -0.353 e. The largest absolute Gasteiger partial charge is 0.353 e. The van der Waals surface area contributed by atoms with E-state index in [0.717, 1.165) is 38.6 Å². The highest BCUT2D eigenvalue weighted by Gasteiger charge is 2.19. The molecule has 2 rings (SSSR count). The predicted molar refractivity (Wildman–Crippen MR) is 69.8 cm³/mol. The topological polar surface area (TPSA) is 72.9 Å². The average Bonchev–Trinajstić information content (AvgIpc) is 2.85. The van der Waals surface area contributed by atoms with Crippen molar-refractivity contribution in [3.8, 4) is 0 Å². The van der Waals surface area contributed by atoms with Crippen LogP contribution in [0.15, 0.2) is 18.7 Å². The zero-order valence-corrected chi connectivity index (χ0v) is 10.7. The van der Waals surface area contributed by atoms with Crippen molar-refractivity contribution in [3.05, 3.63) is 18.7 Å². The summed E-state index contributed by atoms with van der Waals surface area (Å²) in [5.41, 5.74) is 5.84. The highest BCUT2D eigenvalue weighted by molar-refractivity contribution is 5.76. The Balaban J connectivity index is 1.60. The number of imidazole rings is 1. The summed E-state index contributed by atoms with van der Waals surface area (Å²) in [5, 5.41) is 3.10. The van der Waals surface area contributed by atoms with Crippen molar-refractivity contribution in [2.45, 2.75) is 57.2 Å². The van der Waals surface area contributed by atoms with Crippen LogP contribution in [0.4, 0.5) is 0 Å². The van der Waals surface area contributed by atoms with Gasteiger partial charge in [0.25, 0.3) is 0 Å². The van der Waals surface area contributed by atoms with Crippen molar-refractivity contribution in [1.29, 1.82) is 0 Å². The van der Waals surface area contributed by atoms with Crippen LogP contribution in [-0.4, -0.2) is 27.5 Å². The van der Waals surface area contributed by atoms with Crippen molar-refractivity contribution in [1.82, 2.24) is 14.9 Å². The summed E-state index contributed by atoms with van der Waals surface area (Å²) < 4.78 is 1.99. The monoisotopic (exact) mass is 250 g/mol. The SMILES string of the molecule is N[C@H]1CC[C@H](NC(=O)CCCn2ccnc2)CC1. The summed E-state index contributed by atoms with van der Waals surface area (Å²) in [5.74, 6) is 0.163. The van der Waals surface area contributed by atoms with E-state index in [1.54, 1.807) is 12.5 Å². The molecule has 0 aromatic carbocycles. The molecule has 100 valence electrons. The summed E-state index contributed by atoms with van der Waals surface area (Å²) in [6, 6.07) is 0.671. The predicted octanol–water partition coefficient (Wildman–Crippen LogP) is 1.05. The van der Waals surface area contributed by atoms with E-state index >= 15 is 0 Å². The number of hydrogen-bond acceptors (Lipinski definition) is 3. The Labute approximate surface area is 108 Å².